The zero-order chi connectivity index (χ0) is 27.5. The Labute approximate surface area is 224 Å². The van der Waals surface area contributed by atoms with E-state index in [0.29, 0.717) is 18.7 Å². The number of nitrogens with zero attached hydrogens (tertiary/aromatic N) is 2. The fraction of sp³-hybridized carbons (Fsp3) is 0.367. The van der Waals surface area contributed by atoms with Crippen LogP contribution in [0.2, 0.25) is 5.04 Å². The largest absolute Gasteiger partial charge is 0.411 e. The van der Waals surface area contributed by atoms with E-state index in [-0.39, 0.29) is 35.1 Å². The van der Waals surface area contributed by atoms with Gasteiger partial charge < -0.3 is 19.3 Å². The van der Waals surface area contributed by atoms with Crippen LogP contribution in [-0.2, 0) is 15.8 Å². The summed E-state index contributed by atoms with van der Waals surface area (Å²) in [7, 11) is -2.94. The maximum atomic E-state index is 15.7. The minimum absolute atomic E-state index is 0.0478. The van der Waals surface area contributed by atoms with E-state index in [1.54, 1.807) is 0 Å². The molecular weight excluding hydrogens is 502 g/mol. The van der Waals surface area contributed by atoms with Crippen LogP contribution in [0.25, 0.3) is 0 Å². The summed E-state index contributed by atoms with van der Waals surface area (Å²) in [6.45, 7) is 11.2. The molecule has 1 aliphatic rings. The number of halogens is 2. The van der Waals surface area contributed by atoms with Gasteiger partial charge in [0.1, 0.15) is 0 Å². The predicted molar refractivity (Wildman–Crippen MR) is 150 cm³/mol. The van der Waals surface area contributed by atoms with Crippen LogP contribution < -0.4 is 15.3 Å². The quantitative estimate of drug-likeness (QED) is 0.188. The van der Waals surface area contributed by atoms with Crippen LogP contribution in [0.15, 0.2) is 71.9 Å². The molecule has 0 spiro atoms. The predicted octanol–water partition coefficient (Wildman–Crippen LogP) is 5.46. The van der Waals surface area contributed by atoms with Gasteiger partial charge in [0, 0.05) is 24.2 Å². The standard InChI is InChI=1S/C30H36F2N2O3Si/c1-21-18-34(19-22(2)37-21)29-24(16-23(17-33-35)27(31)28(29)32)20-36-38(30(3,4)5,25-12-8-6-9-13-25)26-14-10-7-11-15-26/h6-17,21-22,35H,18-20H2,1-5H3/t21-,22+. The topological polar surface area (TPSA) is 54.3 Å². The maximum absolute atomic E-state index is 15.7. The Morgan fingerprint density at radius 3 is 1.97 bits per heavy atom. The second kappa shape index (κ2) is 11.4. The van der Waals surface area contributed by atoms with Crippen molar-refractivity contribution < 1.29 is 23.2 Å². The molecule has 1 N–H and O–H groups in total. The molecule has 4 rings (SSSR count). The summed E-state index contributed by atoms with van der Waals surface area (Å²) in [6.07, 6.45) is 0.620. The highest BCUT2D eigenvalue weighted by molar-refractivity contribution is 6.99. The number of morpholine rings is 1. The van der Waals surface area contributed by atoms with Crippen molar-refractivity contribution in [2.45, 2.75) is 58.5 Å². The second-order valence-electron chi connectivity index (χ2n) is 11.0. The average molecular weight is 539 g/mol. The zero-order valence-corrected chi connectivity index (χ0v) is 23.6. The summed E-state index contributed by atoms with van der Waals surface area (Å²) in [5.74, 6) is -2.04. The molecule has 3 aromatic carbocycles. The van der Waals surface area contributed by atoms with Crippen molar-refractivity contribution in [1.29, 1.82) is 0 Å². The third-order valence-corrected chi connectivity index (χ3v) is 12.1. The van der Waals surface area contributed by atoms with Gasteiger partial charge in [-0.25, -0.2) is 8.78 Å². The van der Waals surface area contributed by atoms with E-state index < -0.39 is 20.0 Å². The van der Waals surface area contributed by atoms with E-state index in [2.05, 4.69) is 50.2 Å². The molecule has 202 valence electrons. The maximum Gasteiger partial charge on any atom is 0.261 e. The molecule has 0 radical (unpaired) electrons. The molecule has 1 fully saturated rings. The molecule has 2 atom stereocenters. The van der Waals surface area contributed by atoms with Gasteiger partial charge in [0.15, 0.2) is 11.6 Å². The van der Waals surface area contributed by atoms with E-state index in [1.807, 2.05) is 55.1 Å². The smallest absolute Gasteiger partial charge is 0.261 e. The van der Waals surface area contributed by atoms with Gasteiger partial charge in [-0.15, -0.1) is 0 Å². The number of rotatable bonds is 7. The Kier molecular flexibility index (Phi) is 8.35. The van der Waals surface area contributed by atoms with Crippen molar-refractivity contribution >= 4 is 30.6 Å². The van der Waals surface area contributed by atoms with Crippen molar-refractivity contribution in [3.63, 3.8) is 0 Å². The van der Waals surface area contributed by atoms with Crippen molar-refractivity contribution in [3.05, 3.63) is 89.5 Å². The van der Waals surface area contributed by atoms with E-state index in [4.69, 9.17) is 14.4 Å². The van der Waals surface area contributed by atoms with Gasteiger partial charge in [-0.05, 0) is 35.3 Å². The Morgan fingerprint density at radius 2 is 1.50 bits per heavy atom. The van der Waals surface area contributed by atoms with E-state index in [1.165, 1.54) is 6.07 Å². The van der Waals surface area contributed by atoms with Crippen LogP contribution in [0.3, 0.4) is 0 Å². The Bertz CT molecular complexity index is 1220. The van der Waals surface area contributed by atoms with Crippen molar-refractivity contribution in [2.24, 2.45) is 5.16 Å². The third-order valence-electron chi connectivity index (χ3n) is 7.08. The molecule has 8 heteroatoms. The highest BCUT2D eigenvalue weighted by atomic mass is 28.4. The summed E-state index contributed by atoms with van der Waals surface area (Å²) >= 11 is 0. The van der Waals surface area contributed by atoms with E-state index >= 15 is 8.78 Å². The van der Waals surface area contributed by atoms with E-state index in [9.17, 15) is 0 Å². The zero-order valence-electron chi connectivity index (χ0n) is 22.6. The second-order valence-corrected chi connectivity index (χ2v) is 15.3. The summed E-state index contributed by atoms with van der Waals surface area (Å²) in [5.41, 5.74) is 0.523. The van der Waals surface area contributed by atoms with Crippen molar-refractivity contribution in [2.75, 3.05) is 18.0 Å². The fourth-order valence-electron chi connectivity index (χ4n) is 5.61. The molecular formula is C30H36F2N2O3Si. The van der Waals surface area contributed by atoms with E-state index in [0.717, 1.165) is 16.6 Å². The molecule has 3 aromatic rings. The SMILES string of the molecule is C[C@@H]1CN(c2c(CO[Si](c3ccccc3)(c3ccccc3)C(C)(C)C)cc(C=NO)c(F)c2F)C[C@H](C)O1. The van der Waals surface area contributed by atoms with Crippen LogP contribution in [0.5, 0.6) is 0 Å². The summed E-state index contributed by atoms with van der Waals surface area (Å²) in [4.78, 5) is 1.83. The fourth-order valence-corrected chi connectivity index (χ4v) is 10.1. The Morgan fingerprint density at radius 1 is 0.974 bits per heavy atom. The average Bonchev–Trinajstić information content (AvgIpc) is 2.87. The molecule has 0 saturated carbocycles. The number of hydrogen-bond acceptors (Lipinski definition) is 5. The summed E-state index contributed by atoms with van der Waals surface area (Å²) in [6, 6.07) is 21.9. The first kappa shape index (κ1) is 27.9. The van der Waals surface area contributed by atoms with Crippen LogP contribution in [0.4, 0.5) is 14.5 Å². The lowest BCUT2D eigenvalue weighted by molar-refractivity contribution is -0.00553. The highest BCUT2D eigenvalue weighted by Crippen LogP contribution is 2.39. The van der Waals surface area contributed by atoms with Crippen LogP contribution >= 0.6 is 0 Å². The van der Waals surface area contributed by atoms with Gasteiger partial charge >= 0.3 is 0 Å². The summed E-state index contributed by atoms with van der Waals surface area (Å²) < 4.78 is 43.7. The first-order valence-corrected chi connectivity index (χ1v) is 14.8. The van der Waals surface area contributed by atoms with Gasteiger partial charge in [-0.1, -0.05) is 86.6 Å². The van der Waals surface area contributed by atoms with Crippen molar-refractivity contribution in [1.82, 2.24) is 0 Å². The molecule has 0 aliphatic carbocycles. The van der Waals surface area contributed by atoms with Crippen LogP contribution in [0.1, 0.15) is 45.7 Å². The molecule has 0 unspecified atom stereocenters. The number of anilines is 1. The first-order valence-electron chi connectivity index (χ1n) is 12.9. The van der Waals surface area contributed by atoms with Gasteiger partial charge in [0.25, 0.3) is 8.32 Å². The number of oxime groups is 1. The molecule has 1 saturated heterocycles. The minimum Gasteiger partial charge on any atom is -0.411 e. The molecule has 0 amide bonds. The van der Waals surface area contributed by atoms with Gasteiger partial charge in [-0.3, -0.25) is 0 Å². The van der Waals surface area contributed by atoms with Gasteiger partial charge in [-0.2, -0.15) is 0 Å². The van der Waals surface area contributed by atoms with Crippen LogP contribution in [-0.4, -0.2) is 45.0 Å². The molecule has 0 aromatic heterocycles. The Balaban J connectivity index is 1.88. The normalized spacial score (nSPS) is 18.8. The van der Waals surface area contributed by atoms with Crippen LogP contribution in [0, 0.1) is 11.6 Å². The monoisotopic (exact) mass is 538 g/mol. The first-order chi connectivity index (χ1) is 18.1. The highest BCUT2D eigenvalue weighted by Gasteiger charge is 2.50. The molecule has 38 heavy (non-hydrogen) atoms. The van der Waals surface area contributed by atoms with Gasteiger partial charge in [0.2, 0.25) is 0 Å². The third kappa shape index (κ3) is 5.39. The lowest BCUT2D eigenvalue weighted by Gasteiger charge is -2.43. The number of benzene rings is 3. The molecule has 1 aliphatic heterocycles. The minimum atomic E-state index is -2.94. The Hall–Kier alpha value is -3.07. The molecule has 1 heterocycles. The van der Waals surface area contributed by atoms with Gasteiger partial charge in [0.05, 0.1) is 30.7 Å². The number of hydrogen-bond donors (Lipinski definition) is 1. The molecule has 0 bridgehead atoms. The molecule has 5 nitrogen and oxygen atoms in total. The van der Waals surface area contributed by atoms with Crippen molar-refractivity contribution in [3.8, 4) is 0 Å². The lowest BCUT2D eigenvalue weighted by atomic mass is 10.1. The summed E-state index contributed by atoms with van der Waals surface area (Å²) in [5, 5.41) is 14.0. The lowest BCUT2D eigenvalue weighted by Crippen LogP contribution is -2.66. The number of ether oxygens (including phenoxy) is 1.